The van der Waals surface area contributed by atoms with E-state index in [9.17, 15) is 18.0 Å². The SMILES string of the molecule is CCN(CC)C(=O)c1ccc(S(=O)(=O)Oc2cc(OC)ccc2C(=O)c2ccccc2)cc1. The highest BCUT2D eigenvalue weighted by Gasteiger charge is 2.23. The van der Waals surface area contributed by atoms with Crippen LogP contribution >= 0.6 is 0 Å². The molecule has 0 N–H and O–H groups in total. The van der Waals surface area contributed by atoms with Crippen LogP contribution in [-0.4, -0.2) is 45.2 Å². The van der Waals surface area contributed by atoms with Crippen molar-refractivity contribution in [3.63, 3.8) is 0 Å². The van der Waals surface area contributed by atoms with Gasteiger partial charge in [0.25, 0.3) is 5.91 Å². The van der Waals surface area contributed by atoms with Crippen molar-refractivity contribution in [1.82, 2.24) is 4.90 Å². The van der Waals surface area contributed by atoms with Gasteiger partial charge in [-0.25, -0.2) is 0 Å². The zero-order valence-corrected chi connectivity index (χ0v) is 19.5. The topological polar surface area (TPSA) is 90.0 Å². The lowest BCUT2D eigenvalue weighted by molar-refractivity contribution is 0.0772. The molecule has 172 valence electrons. The van der Waals surface area contributed by atoms with Gasteiger partial charge < -0.3 is 13.8 Å². The number of hydrogen-bond acceptors (Lipinski definition) is 6. The fourth-order valence-electron chi connectivity index (χ4n) is 3.26. The largest absolute Gasteiger partial charge is 0.497 e. The molecule has 1 amide bonds. The van der Waals surface area contributed by atoms with Crippen LogP contribution < -0.4 is 8.92 Å². The minimum Gasteiger partial charge on any atom is -0.497 e. The number of carbonyl (C=O) groups is 2. The van der Waals surface area contributed by atoms with E-state index >= 15 is 0 Å². The maximum Gasteiger partial charge on any atom is 0.339 e. The standard InChI is InChI=1S/C25H25NO6S/c1-4-26(5-2)25(28)19-11-14-21(15-12-19)33(29,30)32-23-17-20(31-3)13-16-22(23)24(27)18-9-7-6-8-10-18/h6-17H,4-5H2,1-3H3. The molecule has 3 aromatic carbocycles. The van der Waals surface area contributed by atoms with Crippen molar-refractivity contribution in [3.05, 3.63) is 89.5 Å². The number of rotatable bonds is 9. The van der Waals surface area contributed by atoms with Crippen molar-refractivity contribution < 1.29 is 26.9 Å². The molecular weight excluding hydrogens is 442 g/mol. The molecule has 0 radical (unpaired) electrons. The predicted octanol–water partition coefficient (Wildman–Crippen LogP) is 4.18. The van der Waals surface area contributed by atoms with Crippen molar-refractivity contribution in [2.75, 3.05) is 20.2 Å². The van der Waals surface area contributed by atoms with Crippen molar-refractivity contribution in [1.29, 1.82) is 0 Å². The summed E-state index contributed by atoms with van der Waals surface area (Å²) < 4.78 is 36.5. The number of ether oxygens (including phenoxy) is 1. The van der Waals surface area contributed by atoms with E-state index in [2.05, 4.69) is 0 Å². The molecule has 0 atom stereocenters. The fraction of sp³-hybridized carbons (Fsp3) is 0.200. The first-order valence-electron chi connectivity index (χ1n) is 10.4. The Morgan fingerprint density at radius 2 is 1.48 bits per heavy atom. The summed E-state index contributed by atoms with van der Waals surface area (Å²) in [7, 11) is -2.85. The Labute approximate surface area is 193 Å². The van der Waals surface area contributed by atoms with Crippen LogP contribution in [-0.2, 0) is 10.1 Å². The average Bonchev–Trinajstić information content (AvgIpc) is 2.84. The first kappa shape index (κ1) is 24.0. The van der Waals surface area contributed by atoms with Gasteiger partial charge in [0.05, 0.1) is 12.7 Å². The van der Waals surface area contributed by atoms with Gasteiger partial charge in [0, 0.05) is 30.3 Å². The van der Waals surface area contributed by atoms with Crippen LogP contribution in [0.15, 0.2) is 77.7 Å². The summed E-state index contributed by atoms with van der Waals surface area (Å²) in [6, 6.07) is 18.4. The molecule has 3 aromatic rings. The molecule has 0 bridgehead atoms. The first-order valence-corrected chi connectivity index (χ1v) is 11.8. The zero-order chi connectivity index (χ0) is 24.0. The van der Waals surface area contributed by atoms with Gasteiger partial charge >= 0.3 is 10.1 Å². The zero-order valence-electron chi connectivity index (χ0n) is 18.6. The van der Waals surface area contributed by atoms with Crippen LogP contribution in [0.1, 0.15) is 40.1 Å². The van der Waals surface area contributed by atoms with Gasteiger partial charge in [-0.2, -0.15) is 8.42 Å². The lowest BCUT2D eigenvalue weighted by atomic mass is 10.0. The van der Waals surface area contributed by atoms with Gasteiger partial charge in [0.1, 0.15) is 10.6 Å². The summed E-state index contributed by atoms with van der Waals surface area (Å²) in [6.07, 6.45) is 0. The number of nitrogens with zero attached hydrogens (tertiary/aromatic N) is 1. The Balaban J connectivity index is 1.93. The van der Waals surface area contributed by atoms with Crippen LogP contribution in [0.4, 0.5) is 0 Å². The second-order valence-electron chi connectivity index (χ2n) is 7.10. The Morgan fingerprint density at radius 3 is 2.06 bits per heavy atom. The molecule has 0 saturated carbocycles. The van der Waals surface area contributed by atoms with Gasteiger partial charge in [0.2, 0.25) is 0 Å². The number of amides is 1. The molecule has 3 rings (SSSR count). The average molecular weight is 468 g/mol. The monoisotopic (exact) mass is 467 g/mol. The van der Waals surface area contributed by atoms with E-state index in [4.69, 9.17) is 8.92 Å². The maximum absolute atomic E-state index is 13.0. The molecule has 0 aliphatic rings. The number of carbonyl (C=O) groups excluding carboxylic acids is 2. The maximum atomic E-state index is 13.0. The highest BCUT2D eigenvalue weighted by atomic mass is 32.2. The van der Waals surface area contributed by atoms with Gasteiger partial charge in [-0.1, -0.05) is 30.3 Å². The van der Waals surface area contributed by atoms with Gasteiger partial charge in [-0.05, 0) is 50.2 Å². The molecule has 0 fully saturated rings. The molecule has 0 aromatic heterocycles. The summed E-state index contributed by atoms with van der Waals surface area (Å²) in [5.74, 6) is -0.381. The number of benzene rings is 3. The molecule has 0 saturated heterocycles. The van der Waals surface area contributed by atoms with Gasteiger partial charge in [0.15, 0.2) is 11.5 Å². The minimum absolute atomic E-state index is 0.0823. The summed E-state index contributed by atoms with van der Waals surface area (Å²) in [5, 5.41) is 0. The Kier molecular flexibility index (Phi) is 7.50. The third-order valence-corrected chi connectivity index (χ3v) is 6.36. The molecule has 33 heavy (non-hydrogen) atoms. The van der Waals surface area contributed by atoms with E-state index in [0.29, 0.717) is 30.0 Å². The highest BCUT2D eigenvalue weighted by molar-refractivity contribution is 7.87. The molecule has 8 heteroatoms. The molecule has 0 aliphatic heterocycles. The summed E-state index contributed by atoms with van der Waals surface area (Å²) >= 11 is 0. The quantitative estimate of drug-likeness (QED) is 0.347. The predicted molar refractivity (Wildman–Crippen MR) is 124 cm³/mol. The lowest BCUT2D eigenvalue weighted by Crippen LogP contribution is -2.30. The second-order valence-corrected chi connectivity index (χ2v) is 8.64. The molecule has 0 aliphatic carbocycles. The van der Waals surface area contributed by atoms with E-state index < -0.39 is 10.1 Å². The molecule has 0 heterocycles. The summed E-state index contributed by atoms with van der Waals surface area (Å²) in [5.41, 5.74) is 0.849. The normalized spacial score (nSPS) is 11.0. The fourth-order valence-corrected chi connectivity index (χ4v) is 4.19. The van der Waals surface area contributed by atoms with E-state index in [1.807, 2.05) is 13.8 Å². The lowest BCUT2D eigenvalue weighted by Gasteiger charge is -2.18. The summed E-state index contributed by atoms with van der Waals surface area (Å²) in [4.78, 5) is 26.9. The summed E-state index contributed by atoms with van der Waals surface area (Å²) in [6.45, 7) is 4.84. The van der Waals surface area contributed by atoms with E-state index in [1.54, 1.807) is 41.3 Å². The third kappa shape index (κ3) is 5.40. The van der Waals surface area contributed by atoms with Crippen molar-refractivity contribution in [3.8, 4) is 11.5 Å². The number of methoxy groups -OCH3 is 1. The second kappa shape index (κ2) is 10.3. The van der Waals surface area contributed by atoms with E-state index in [-0.39, 0.29) is 27.9 Å². The van der Waals surface area contributed by atoms with E-state index in [0.717, 1.165) is 0 Å². The van der Waals surface area contributed by atoms with Crippen LogP contribution in [0.3, 0.4) is 0 Å². The minimum atomic E-state index is -4.28. The van der Waals surface area contributed by atoms with Gasteiger partial charge in [-0.3, -0.25) is 9.59 Å². The van der Waals surface area contributed by atoms with Crippen LogP contribution in [0.25, 0.3) is 0 Å². The highest BCUT2D eigenvalue weighted by Crippen LogP contribution is 2.30. The Morgan fingerprint density at radius 1 is 0.848 bits per heavy atom. The third-order valence-electron chi connectivity index (χ3n) is 5.11. The Hall–Kier alpha value is -3.65. The van der Waals surface area contributed by atoms with Crippen molar-refractivity contribution in [2.45, 2.75) is 18.7 Å². The number of hydrogen-bond donors (Lipinski definition) is 0. The van der Waals surface area contributed by atoms with Crippen LogP contribution in [0, 0.1) is 0 Å². The van der Waals surface area contributed by atoms with Crippen LogP contribution in [0.2, 0.25) is 0 Å². The van der Waals surface area contributed by atoms with Crippen molar-refractivity contribution in [2.24, 2.45) is 0 Å². The number of ketones is 1. The smallest absolute Gasteiger partial charge is 0.339 e. The molecule has 7 nitrogen and oxygen atoms in total. The van der Waals surface area contributed by atoms with Gasteiger partial charge in [-0.15, -0.1) is 0 Å². The van der Waals surface area contributed by atoms with Crippen LogP contribution in [0.5, 0.6) is 11.5 Å². The van der Waals surface area contributed by atoms with Crippen molar-refractivity contribution >= 4 is 21.8 Å². The molecular formula is C25H25NO6S. The molecule has 0 spiro atoms. The Bertz CT molecular complexity index is 1230. The molecule has 0 unspecified atom stereocenters. The van der Waals surface area contributed by atoms with E-state index in [1.165, 1.54) is 43.5 Å². The first-order chi connectivity index (χ1) is 15.8.